The Morgan fingerprint density at radius 2 is 2.10 bits per heavy atom. The van der Waals surface area contributed by atoms with Gasteiger partial charge >= 0.3 is 0 Å². The molecule has 5 rings (SSSR count). The fraction of sp³-hybridized carbons (Fsp3) is 0.333. The highest BCUT2D eigenvalue weighted by Crippen LogP contribution is 2.34. The number of hydrogen-bond acceptors (Lipinski definition) is 9. The van der Waals surface area contributed by atoms with Crippen molar-refractivity contribution in [2.45, 2.75) is 37.4 Å². The molecule has 1 aromatic carbocycles. The van der Waals surface area contributed by atoms with Gasteiger partial charge in [0.2, 0.25) is 0 Å². The third-order valence-electron chi connectivity index (χ3n) is 5.64. The molecule has 31 heavy (non-hydrogen) atoms. The molecule has 0 aliphatic carbocycles. The van der Waals surface area contributed by atoms with Gasteiger partial charge in [0.1, 0.15) is 60.2 Å². The fourth-order valence-electron chi connectivity index (χ4n) is 3.96. The zero-order chi connectivity index (χ0) is 21.5. The molecule has 10 nitrogen and oxygen atoms in total. The Labute approximate surface area is 177 Å². The number of rotatable bonds is 4. The fourth-order valence-corrected chi connectivity index (χ4v) is 3.96. The van der Waals surface area contributed by atoms with Crippen LogP contribution in [0.25, 0.3) is 11.0 Å². The van der Waals surface area contributed by atoms with Gasteiger partial charge in [0.25, 0.3) is 0 Å². The number of nitrogen functional groups attached to an aromatic ring is 1. The number of aryl methyl sites for hydroxylation is 1. The van der Waals surface area contributed by atoms with Crippen LogP contribution in [0.3, 0.4) is 0 Å². The van der Waals surface area contributed by atoms with Gasteiger partial charge < -0.3 is 30.0 Å². The van der Waals surface area contributed by atoms with Crippen molar-refractivity contribution in [2.75, 3.05) is 12.3 Å². The zero-order valence-electron chi connectivity index (χ0n) is 16.4. The lowest BCUT2D eigenvalue weighted by molar-refractivity contribution is -0.0471. The first-order valence-corrected chi connectivity index (χ1v) is 9.87. The van der Waals surface area contributed by atoms with Crippen molar-refractivity contribution in [1.29, 1.82) is 5.26 Å². The molecule has 1 saturated heterocycles. The molecule has 0 radical (unpaired) electrons. The molecular weight excluding hydrogens is 400 g/mol. The van der Waals surface area contributed by atoms with Crippen molar-refractivity contribution in [1.82, 2.24) is 14.5 Å². The molecule has 2 aliphatic rings. The summed E-state index contributed by atoms with van der Waals surface area (Å²) >= 11 is 0. The molecule has 10 heteroatoms. The second kappa shape index (κ2) is 7.63. The Balaban J connectivity index is 1.32. The summed E-state index contributed by atoms with van der Waals surface area (Å²) in [6.07, 6.45) is 0.493. The van der Waals surface area contributed by atoms with Gasteiger partial charge in [-0.3, -0.25) is 0 Å². The Morgan fingerprint density at radius 1 is 1.23 bits per heavy atom. The summed E-state index contributed by atoms with van der Waals surface area (Å²) in [6.45, 7) is 0.0264. The third-order valence-corrected chi connectivity index (χ3v) is 5.64. The molecule has 4 heterocycles. The summed E-state index contributed by atoms with van der Waals surface area (Å²) in [7, 11) is 0. The van der Waals surface area contributed by atoms with Crippen LogP contribution in [0.2, 0.25) is 0 Å². The van der Waals surface area contributed by atoms with Gasteiger partial charge in [0, 0.05) is 18.7 Å². The number of aliphatic hydroxyl groups excluding tert-OH is 2. The summed E-state index contributed by atoms with van der Waals surface area (Å²) in [4.78, 5) is 12.5. The number of nitrogens with zero attached hydrogens (tertiary/aromatic N) is 5. The highest BCUT2D eigenvalue weighted by molar-refractivity contribution is 6.01. The van der Waals surface area contributed by atoms with Crippen LogP contribution in [0.15, 0.2) is 41.8 Å². The van der Waals surface area contributed by atoms with Crippen molar-refractivity contribution < 1.29 is 19.7 Å². The number of aromatic nitrogens is 3. The number of anilines is 1. The molecule has 2 aliphatic heterocycles. The molecule has 4 N–H and O–H groups in total. The maximum Gasteiger partial charge on any atom is 0.164 e. The quantitative estimate of drug-likeness (QED) is 0.570. The number of hydrogen-bond donors (Lipinski definition) is 3. The molecule has 3 aromatic rings. The number of benzene rings is 1. The van der Waals surface area contributed by atoms with E-state index in [-0.39, 0.29) is 6.61 Å². The van der Waals surface area contributed by atoms with Gasteiger partial charge in [-0.2, -0.15) is 5.26 Å². The maximum absolute atomic E-state index is 10.6. The van der Waals surface area contributed by atoms with Crippen molar-refractivity contribution in [3.05, 3.63) is 42.4 Å². The van der Waals surface area contributed by atoms with Crippen LogP contribution in [0.5, 0.6) is 5.75 Å². The Morgan fingerprint density at radius 3 is 2.94 bits per heavy atom. The van der Waals surface area contributed by atoms with Gasteiger partial charge in [0.05, 0.1) is 11.1 Å². The number of nitriles is 1. The van der Waals surface area contributed by atoms with Crippen molar-refractivity contribution >= 4 is 28.3 Å². The summed E-state index contributed by atoms with van der Waals surface area (Å²) < 4.78 is 13.3. The first-order chi connectivity index (χ1) is 15.0. The number of aliphatic imine (C=N–C) groups is 1. The number of fused-ring (bicyclic) bond motifs is 2. The molecule has 1 fully saturated rings. The SMILES string of the molecule is N#CC1=Nc2cc(OC[C@H]3O[C@@H](n4ccc5c(N)ncnc54)[C@H](O)[C@@H]3O)ccc2CC1. The monoisotopic (exact) mass is 420 g/mol. The minimum Gasteiger partial charge on any atom is -0.491 e. The van der Waals surface area contributed by atoms with E-state index in [9.17, 15) is 10.2 Å². The van der Waals surface area contributed by atoms with Crippen LogP contribution >= 0.6 is 0 Å². The lowest BCUT2D eigenvalue weighted by atomic mass is 10.0. The van der Waals surface area contributed by atoms with E-state index in [4.69, 9.17) is 20.5 Å². The van der Waals surface area contributed by atoms with Crippen molar-refractivity contribution in [2.24, 2.45) is 4.99 Å². The average molecular weight is 420 g/mol. The topological polar surface area (TPSA) is 152 Å². The lowest BCUT2D eigenvalue weighted by Gasteiger charge is -2.18. The van der Waals surface area contributed by atoms with Gasteiger partial charge in [0.15, 0.2) is 6.23 Å². The average Bonchev–Trinajstić information content (AvgIpc) is 3.34. The van der Waals surface area contributed by atoms with Gasteiger partial charge in [-0.15, -0.1) is 0 Å². The molecule has 158 valence electrons. The Bertz CT molecular complexity index is 1220. The molecule has 0 amide bonds. The third kappa shape index (κ3) is 3.38. The summed E-state index contributed by atoms with van der Waals surface area (Å²) in [5, 5.41) is 30.8. The van der Waals surface area contributed by atoms with E-state index in [1.165, 1.54) is 6.33 Å². The summed E-state index contributed by atoms with van der Waals surface area (Å²) in [5.74, 6) is 0.869. The van der Waals surface area contributed by atoms with Gasteiger partial charge in [-0.1, -0.05) is 6.07 Å². The predicted octanol–water partition coefficient (Wildman–Crippen LogP) is 1.25. The molecule has 0 saturated carbocycles. The van der Waals surface area contributed by atoms with E-state index in [0.29, 0.717) is 40.4 Å². The van der Waals surface area contributed by atoms with E-state index in [1.54, 1.807) is 22.9 Å². The molecule has 4 atom stereocenters. The first kappa shape index (κ1) is 19.4. The van der Waals surface area contributed by atoms with E-state index in [2.05, 4.69) is 21.0 Å². The standard InChI is InChI=1S/C21H20N6O4/c22-8-12-3-1-11-2-4-13(7-15(11)26-12)30-9-16-17(28)18(29)21(31-16)27-6-5-14-19(23)24-10-25-20(14)27/h2,4-7,10,16-18,21,28-29H,1,3,9H2,(H2,23,24,25)/t16-,17-,18-,21-/m1/s1. The zero-order valence-corrected chi connectivity index (χ0v) is 16.4. The number of ether oxygens (including phenoxy) is 2. The first-order valence-electron chi connectivity index (χ1n) is 9.87. The van der Waals surface area contributed by atoms with Gasteiger partial charge in [-0.05, 0) is 24.1 Å². The normalized spacial score (nSPS) is 25.1. The van der Waals surface area contributed by atoms with Crippen LogP contribution < -0.4 is 10.5 Å². The second-order valence-corrected chi connectivity index (χ2v) is 7.54. The number of nitrogens with two attached hydrogens (primary N) is 1. The van der Waals surface area contributed by atoms with Crippen LogP contribution in [0.1, 0.15) is 18.2 Å². The molecular formula is C21H20N6O4. The summed E-state index contributed by atoms with van der Waals surface area (Å²) in [5.41, 5.74) is 8.64. The van der Waals surface area contributed by atoms with E-state index < -0.39 is 24.5 Å². The Hall–Kier alpha value is -3.52. The highest BCUT2D eigenvalue weighted by atomic mass is 16.6. The van der Waals surface area contributed by atoms with Crippen LogP contribution in [0, 0.1) is 11.3 Å². The summed E-state index contributed by atoms with van der Waals surface area (Å²) in [6, 6.07) is 9.33. The lowest BCUT2D eigenvalue weighted by Crippen LogP contribution is -2.34. The van der Waals surface area contributed by atoms with Crippen molar-refractivity contribution in [3.8, 4) is 11.8 Å². The van der Waals surface area contributed by atoms with Crippen LogP contribution in [-0.2, 0) is 11.2 Å². The van der Waals surface area contributed by atoms with Crippen LogP contribution in [0.4, 0.5) is 11.5 Å². The van der Waals surface area contributed by atoms with E-state index in [1.807, 2.05) is 12.1 Å². The largest absolute Gasteiger partial charge is 0.491 e. The predicted molar refractivity (Wildman–Crippen MR) is 111 cm³/mol. The van der Waals surface area contributed by atoms with E-state index >= 15 is 0 Å². The smallest absolute Gasteiger partial charge is 0.164 e. The second-order valence-electron chi connectivity index (χ2n) is 7.54. The van der Waals surface area contributed by atoms with Gasteiger partial charge in [-0.25, -0.2) is 15.0 Å². The van der Waals surface area contributed by atoms with E-state index in [0.717, 1.165) is 12.0 Å². The maximum atomic E-state index is 10.6. The molecule has 0 unspecified atom stereocenters. The minimum atomic E-state index is -1.17. The van der Waals surface area contributed by atoms with Crippen LogP contribution in [-0.4, -0.2) is 55.4 Å². The molecule has 2 aromatic heterocycles. The van der Waals surface area contributed by atoms with Crippen molar-refractivity contribution in [3.63, 3.8) is 0 Å². The number of aliphatic hydroxyl groups is 2. The molecule has 0 bridgehead atoms. The minimum absolute atomic E-state index is 0.0264. The Kier molecular flexibility index (Phi) is 4.78. The molecule has 0 spiro atoms. The highest BCUT2D eigenvalue weighted by Gasteiger charge is 2.44.